The number of nitrogens with one attached hydrogen (secondary N) is 1. The first-order valence-corrected chi connectivity index (χ1v) is 6.20. The second-order valence-corrected chi connectivity index (χ2v) is 4.19. The monoisotopic (exact) mass is 261 g/mol. The molecule has 5 heteroatoms. The lowest BCUT2D eigenvalue weighted by Crippen LogP contribution is -2.04. The smallest absolute Gasteiger partial charge is 0.118 e. The standard InChI is InChI=1S/C14H19N3O2/c1-18-8-7-17-11-13(10-16-17)15-9-12-3-5-14(19-2)6-4-12/h3-6,10-11,15H,7-9H2,1-2H3. The zero-order valence-corrected chi connectivity index (χ0v) is 11.3. The van der Waals surface area contributed by atoms with E-state index in [-0.39, 0.29) is 0 Å². The Balaban J connectivity index is 1.85. The molecule has 0 saturated heterocycles. The van der Waals surface area contributed by atoms with E-state index in [9.17, 15) is 0 Å². The van der Waals surface area contributed by atoms with Gasteiger partial charge in [-0.2, -0.15) is 5.10 Å². The molecule has 0 saturated carbocycles. The number of aromatic nitrogens is 2. The predicted molar refractivity (Wildman–Crippen MR) is 74.4 cm³/mol. The minimum Gasteiger partial charge on any atom is -0.497 e. The van der Waals surface area contributed by atoms with Crippen molar-refractivity contribution in [2.45, 2.75) is 13.1 Å². The van der Waals surface area contributed by atoms with Crippen molar-refractivity contribution in [3.05, 3.63) is 42.2 Å². The van der Waals surface area contributed by atoms with Crippen molar-refractivity contribution in [1.82, 2.24) is 9.78 Å². The molecule has 0 amide bonds. The normalized spacial score (nSPS) is 10.4. The van der Waals surface area contributed by atoms with E-state index in [0.29, 0.717) is 6.61 Å². The lowest BCUT2D eigenvalue weighted by Gasteiger charge is -2.05. The molecule has 5 nitrogen and oxygen atoms in total. The summed E-state index contributed by atoms with van der Waals surface area (Å²) in [6, 6.07) is 8.00. The lowest BCUT2D eigenvalue weighted by molar-refractivity contribution is 0.183. The molecule has 0 aliphatic rings. The first-order valence-electron chi connectivity index (χ1n) is 6.20. The maximum atomic E-state index is 5.13. The highest BCUT2D eigenvalue weighted by Gasteiger charge is 1.99. The van der Waals surface area contributed by atoms with Crippen LogP contribution in [0.15, 0.2) is 36.7 Å². The highest BCUT2D eigenvalue weighted by molar-refractivity contribution is 5.39. The number of methoxy groups -OCH3 is 2. The van der Waals surface area contributed by atoms with Gasteiger partial charge in [0.1, 0.15) is 5.75 Å². The molecule has 19 heavy (non-hydrogen) atoms. The quantitative estimate of drug-likeness (QED) is 0.829. The largest absolute Gasteiger partial charge is 0.497 e. The number of benzene rings is 1. The highest BCUT2D eigenvalue weighted by atomic mass is 16.5. The van der Waals surface area contributed by atoms with Crippen LogP contribution in [0.1, 0.15) is 5.56 Å². The van der Waals surface area contributed by atoms with Crippen LogP contribution in [0.2, 0.25) is 0 Å². The second kappa shape index (κ2) is 6.80. The summed E-state index contributed by atoms with van der Waals surface area (Å²) in [5, 5.41) is 7.58. The molecule has 0 aliphatic carbocycles. The van der Waals surface area contributed by atoms with Gasteiger partial charge < -0.3 is 14.8 Å². The summed E-state index contributed by atoms with van der Waals surface area (Å²) < 4.78 is 12.0. The van der Waals surface area contributed by atoms with E-state index in [1.165, 1.54) is 5.56 Å². The minimum absolute atomic E-state index is 0.666. The molecule has 102 valence electrons. The first-order chi connectivity index (χ1) is 9.31. The Labute approximate surface area is 113 Å². The Bertz CT molecular complexity index is 494. The van der Waals surface area contributed by atoms with E-state index in [0.717, 1.165) is 24.5 Å². The Morgan fingerprint density at radius 2 is 2.00 bits per heavy atom. The molecule has 1 N–H and O–H groups in total. The first kappa shape index (κ1) is 13.4. The van der Waals surface area contributed by atoms with Gasteiger partial charge in [0, 0.05) is 19.9 Å². The molecule has 0 bridgehead atoms. The van der Waals surface area contributed by atoms with Gasteiger partial charge in [-0.05, 0) is 17.7 Å². The molecule has 1 aromatic carbocycles. The van der Waals surface area contributed by atoms with Crippen LogP contribution in [0.25, 0.3) is 0 Å². The number of rotatable bonds is 7. The minimum atomic E-state index is 0.666. The van der Waals surface area contributed by atoms with E-state index in [4.69, 9.17) is 9.47 Å². The van der Waals surface area contributed by atoms with Gasteiger partial charge in [-0.15, -0.1) is 0 Å². The van der Waals surface area contributed by atoms with Crippen molar-refractivity contribution in [3.8, 4) is 5.75 Å². The van der Waals surface area contributed by atoms with Crippen LogP contribution in [0.5, 0.6) is 5.75 Å². The molecule has 2 aromatic rings. The van der Waals surface area contributed by atoms with Gasteiger partial charge in [-0.25, -0.2) is 0 Å². The number of hydrogen-bond donors (Lipinski definition) is 1. The molecule has 0 radical (unpaired) electrons. The van der Waals surface area contributed by atoms with Crippen LogP contribution < -0.4 is 10.1 Å². The van der Waals surface area contributed by atoms with Crippen LogP contribution >= 0.6 is 0 Å². The zero-order chi connectivity index (χ0) is 13.5. The molecular weight excluding hydrogens is 242 g/mol. The van der Waals surface area contributed by atoms with Gasteiger partial charge in [0.2, 0.25) is 0 Å². The third-order valence-corrected chi connectivity index (χ3v) is 2.81. The van der Waals surface area contributed by atoms with Gasteiger partial charge in [0.05, 0.1) is 32.1 Å². The van der Waals surface area contributed by atoms with Gasteiger partial charge in [-0.1, -0.05) is 12.1 Å². The lowest BCUT2D eigenvalue weighted by atomic mass is 10.2. The van der Waals surface area contributed by atoms with E-state index in [1.54, 1.807) is 14.2 Å². The van der Waals surface area contributed by atoms with Crippen LogP contribution in [0.3, 0.4) is 0 Å². The van der Waals surface area contributed by atoms with Crippen molar-refractivity contribution in [2.75, 3.05) is 26.1 Å². The van der Waals surface area contributed by atoms with Crippen molar-refractivity contribution < 1.29 is 9.47 Å². The summed E-state index contributed by atoms with van der Waals surface area (Å²) >= 11 is 0. The van der Waals surface area contributed by atoms with Gasteiger partial charge in [0.25, 0.3) is 0 Å². The van der Waals surface area contributed by atoms with Gasteiger partial charge >= 0.3 is 0 Å². The maximum Gasteiger partial charge on any atom is 0.118 e. The summed E-state index contributed by atoms with van der Waals surface area (Å²) in [5.41, 5.74) is 2.21. The fraction of sp³-hybridized carbons (Fsp3) is 0.357. The average Bonchev–Trinajstić information content (AvgIpc) is 2.91. The summed E-state index contributed by atoms with van der Waals surface area (Å²) in [6.45, 7) is 2.19. The number of hydrogen-bond acceptors (Lipinski definition) is 4. The van der Waals surface area contributed by atoms with Crippen LogP contribution in [0, 0.1) is 0 Å². The third-order valence-electron chi connectivity index (χ3n) is 2.81. The molecule has 0 unspecified atom stereocenters. The Hall–Kier alpha value is -2.01. The molecule has 1 aromatic heterocycles. The SMILES string of the molecule is COCCn1cc(NCc2ccc(OC)cc2)cn1. The molecule has 0 fully saturated rings. The summed E-state index contributed by atoms with van der Waals surface area (Å²) in [4.78, 5) is 0. The maximum absolute atomic E-state index is 5.13. The van der Waals surface area contributed by atoms with Crippen molar-refractivity contribution in [2.24, 2.45) is 0 Å². The van der Waals surface area contributed by atoms with Crippen LogP contribution in [0.4, 0.5) is 5.69 Å². The second-order valence-electron chi connectivity index (χ2n) is 4.19. The molecular formula is C14H19N3O2. The highest BCUT2D eigenvalue weighted by Crippen LogP contribution is 2.13. The molecule has 0 atom stereocenters. The van der Waals surface area contributed by atoms with E-state index in [1.807, 2.05) is 41.3 Å². The summed E-state index contributed by atoms with van der Waals surface area (Å²) in [5.74, 6) is 0.871. The van der Waals surface area contributed by atoms with Crippen molar-refractivity contribution in [1.29, 1.82) is 0 Å². The Morgan fingerprint density at radius 3 is 2.68 bits per heavy atom. The fourth-order valence-electron chi connectivity index (χ4n) is 1.71. The number of anilines is 1. The molecule has 2 rings (SSSR count). The summed E-state index contributed by atoms with van der Waals surface area (Å²) in [6.07, 6.45) is 3.79. The Kier molecular flexibility index (Phi) is 4.80. The third kappa shape index (κ3) is 3.99. The van der Waals surface area contributed by atoms with E-state index >= 15 is 0 Å². The van der Waals surface area contributed by atoms with E-state index in [2.05, 4.69) is 10.4 Å². The fourth-order valence-corrected chi connectivity index (χ4v) is 1.71. The topological polar surface area (TPSA) is 48.3 Å². The van der Waals surface area contributed by atoms with Gasteiger partial charge in [0.15, 0.2) is 0 Å². The number of ether oxygens (including phenoxy) is 2. The Morgan fingerprint density at radius 1 is 1.21 bits per heavy atom. The molecule has 0 aliphatic heterocycles. The van der Waals surface area contributed by atoms with Crippen molar-refractivity contribution in [3.63, 3.8) is 0 Å². The van der Waals surface area contributed by atoms with Gasteiger partial charge in [-0.3, -0.25) is 4.68 Å². The average molecular weight is 261 g/mol. The zero-order valence-electron chi connectivity index (χ0n) is 11.3. The summed E-state index contributed by atoms with van der Waals surface area (Å²) in [7, 11) is 3.36. The number of nitrogens with zero attached hydrogens (tertiary/aromatic N) is 2. The van der Waals surface area contributed by atoms with Crippen molar-refractivity contribution >= 4 is 5.69 Å². The van der Waals surface area contributed by atoms with Crippen LogP contribution in [-0.2, 0) is 17.8 Å². The molecule has 0 spiro atoms. The van der Waals surface area contributed by atoms with Crippen LogP contribution in [-0.4, -0.2) is 30.6 Å². The predicted octanol–water partition coefficient (Wildman–Crippen LogP) is 2.15. The van der Waals surface area contributed by atoms with E-state index < -0.39 is 0 Å². The molecule has 1 heterocycles.